The number of nitrogens with one attached hydrogen (secondary N) is 1. The summed E-state index contributed by atoms with van der Waals surface area (Å²) in [6.45, 7) is 5.97. The first-order valence-corrected chi connectivity index (χ1v) is 11.3. The van der Waals surface area contributed by atoms with Crippen LogP contribution < -0.4 is 10.2 Å². The predicted octanol–water partition coefficient (Wildman–Crippen LogP) is 3.01. The molecule has 3 heterocycles. The standard InChI is InChI=1S/C22H29N3O4S/c1-3-29-22(28)16-7-10-25(11-8-16)20-17(21(27)23-9-4-12-26)5-6-18(24-20)19-13-15(2)14-30-19/h5-6,13-14,16,26H,3-4,7-12H2,1-2H3,(H,23,27). The van der Waals surface area contributed by atoms with Crippen LogP contribution in [0.4, 0.5) is 5.82 Å². The Balaban J connectivity index is 1.83. The number of piperidine rings is 1. The lowest BCUT2D eigenvalue weighted by Gasteiger charge is -2.33. The minimum absolute atomic E-state index is 0.0312. The fourth-order valence-corrected chi connectivity index (χ4v) is 4.40. The number of esters is 1. The summed E-state index contributed by atoms with van der Waals surface area (Å²) >= 11 is 1.63. The maximum atomic E-state index is 12.8. The molecule has 0 aliphatic carbocycles. The summed E-state index contributed by atoms with van der Waals surface area (Å²) in [7, 11) is 0. The Morgan fingerprint density at radius 1 is 1.33 bits per heavy atom. The fraction of sp³-hybridized carbons (Fsp3) is 0.500. The van der Waals surface area contributed by atoms with E-state index in [9.17, 15) is 9.59 Å². The Bertz CT molecular complexity index is 875. The van der Waals surface area contributed by atoms with E-state index in [0.717, 1.165) is 10.6 Å². The van der Waals surface area contributed by atoms with Gasteiger partial charge in [0.15, 0.2) is 0 Å². The molecule has 0 atom stereocenters. The van der Waals surface area contributed by atoms with Gasteiger partial charge in [0, 0.05) is 26.2 Å². The molecule has 1 aliphatic rings. The molecule has 1 aliphatic heterocycles. The van der Waals surface area contributed by atoms with Gasteiger partial charge in [0.05, 0.1) is 28.7 Å². The predicted molar refractivity (Wildman–Crippen MR) is 118 cm³/mol. The molecule has 8 heteroatoms. The number of rotatable bonds is 8. The van der Waals surface area contributed by atoms with Crippen LogP contribution in [0.5, 0.6) is 0 Å². The van der Waals surface area contributed by atoms with E-state index < -0.39 is 0 Å². The number of thiophene rings is 1. The van der Waals surface area contributed by atoms with Gasteiger partial charge in [-0.2, -0.15) is 0 Å². The van der Waals surface area contributed by atoms with Crippen molar-refractivity contribution in [2.45, 2.75) is 33.1 Å². The first-order chi connectivity index (χ1) is 14.5. The van der Waals surface area contributed by atoms with Crippen molar-refractivity contribution >= 4 is 29.0 Å². The molecule has 3 rings (SSSR count). The largest absolute Gasteiger partial charge is 0.466 e. The van der Waals surface area contributed by atoms with E-state index in [0.29, 0.717) is 56.9 Å². The number of carbonyl (C=O) groups excluding carboxylic acids is 2. The summed E-state index contributed by atoms with van der Waals surface area (Å²) in [5.74, 6) is 0.191. The van der Waals surface area contributed by atoms with Gasteiger partial charge >= 0.3 is 5.97 Å². The van der Waals surface area contributed by atoms with Crippen molar-refractivity contribution in [2.75, 3.05) is 37.7 Å². The van der Waals surface area contributed by atoms with Crippen LogP contribution in [-0.2, 0) is 9.53 Å². The van der Waals surface area contributed by atoms with Crippen molar-refractivity contribution in [1.82, 2.24) is 10.3 Å². The van der Waals surface area contributed by atoms with Crippen molar-refractivity contribution in [3.05, 3.63) is 34.7 Å². The van der Waals surface area contributed by atoms with Crippen LogP contribution in [0.3, 0.4) is 0 Å². The summed E-state index contributed by atoms with van der Waals surface area (Å²) in [6.07, 6.45) is 1.86. The molecule has 0 saturated carbocycles. The zero-order valence-corrected chi connectivity index (χ0v) is 18.3. The SMILES string of the molecule is CCOC(=O)C1CCN(c2nc(-c3cc(C)cs3)ccc2C(=O)NCCCO)CC1. The van der Waals surface area contributed by atoms with E-state index in [1.54, 1.807) is 11.3 Å². The summed E-state index contributed by atoms with van der Waals surface area (Å²) in [5, 5.41) is 13.9. The maximum absolute atomic E-state index is 12.8. The average Bonchev–Trinajstić information content (AvgIpc) is 3.20. The highest BCUT2D eigenvalue weighted by Crippen LogP contribution is 2.31. The van der Waals surface area contributed by atoms with E-state index in [1.165, 1.54) is 5.56 Å². The monoisotopic (exact) mass is 431 g/mol. The number of hydrogen-bond donors (Lipinski definition) is 2. The van der Waals surface area contributed by atoms with E-state index in [-0.39, 0.29) is 24.4 Å². The van der Waals surface area contributed by atoms with Crippen molar-refractivity contribution in [1.29, 1.82) is 0 Å². The smallest absolute Gasteiger partial charge is 0.309 e. The summed E-state index contributed by atoms with van der Waals surface area (Å²) in [4.78, 5) is 32.8. The summed E-state index contributed by atoms with van der Waals surface area (Å²) in [5.41, 5.74) is 2.53. The van der Waals surface area contributed by atoms with E-state index in [4.69, 9.17) is 14.8 Å². The van der Waals surface area contributed by atoms with Crippen LogP contribution in [-0.4, -0.2) is 54.8 Å². The van der Waals surface area contributed by atoms with Gasteiger partial charge in [-0.1, -0.05) is 0 Å². The van der Waals surface area contributed by atoms with E-state index in [1.807, 2.05) is 26.0 Å². The second-order valence-electron chi connectivity index (χ2n) is 7.40. The lowest BCUT2D eigenvalue weighted by Crippen LogP contribution is -2.39. The van der Waals surface area contributed by atoms with Gasteiger partial charge in [-0.15, -0.1) is 11.3 Å². The molecule has 162 valence electrons. The number of carbonyl (C=O) groups is 2. The Kier molecular flexibility index (Phi) is 7.81. The summed E-state index contributed by atoms with van der Waals surface area (Å²) in [6, 6.07) is 5.78. The van der Waals surface area contributed by atoms with Gasteiger partial charge in [0.25, 0.3) is 5.91 Å². The quantitative estimate of drug-likeness (QED) is 0.493. The molecule has 1 fully saturated rings. The van der Waals surface area contributed by atoms with Crippen LogP contribution in [0.1, 0.15) is 42.1 Å². The molecule has 1 saturated heterocycles. The van der Waals surface area contributed by atoms with Crippen LogP contribution in [0.25, 0.3) is 10.6 Å². The molecular formula is C22H29N3O4S. The van der Waals surface area contributed by atoms with Gasteiger partial charge in [-0.25, -0.2) is 4.98 Å². The molecule has 2 aromatic rings. The zero-order chi connectivity index (χ0) is 21.5. The zero-order valence-electron chi connectivity index (χ0n) is 17.5. The molecular weight excluding hydrogens is 402 g/mol. The normalized spacial score (nSPS) is 14.6. The van der Waals surface area contributed by atoms with Crippen molar-refractivity contribution in [2.24, 2.45) is 5.92 Å². The third kappa shape index (κ3) is 5.37. The fourth-order valence-electron chi connectivity index (χ4n) is 3.53. The van der Waals surface area contributed by atoms with Crippen molar-refractivity contribution in [3.63, 3.8) is 0 Å². The molecule has 1 amide bonds. The number of ether oxygens (including phenoxy) is 1. The number of aryl methyl sites for hydroxylation is 1. The summed E-state index contributed by atoms with van der Waals surface area (Å²) < 4.78 is 5.16. The highest BCUT2D eigenvalue weighted by Gasteiger charge is 2.29. The molecule has 0 unspecified atom stereocenters. The number of pyridine rings is 1. The molecule has 0 spiro atoms. The minimum Gasteiger partial charge on any atom is -0.466 e. The van der Waals surface area contributed by atoms with Crippen LogP contribution in [0, 0.1) is 12.8 Å². The van der Waals surface area contributed by atoms with Crippen molar-refractivity contribution in [3.8, 4) is 10.6 Å². The molecule has 0 radical (unpaired) electrons. The minimum atomic E-state index is -0.202. The van der Waals surface area contributed by atoms with Crippen LogP contribution in [0.2, 0.25) is 0 Å². The van der Waals surface area contributed by atoms with Crippen LogP contribution >= 0.6 is 11.3 Å². The first kappa shape index (κ1) is 22.2. The lowest BCUT2D eigenvalue weighted by molar-refractivity contribution is -0.148. The average molecular weight is 432 g/mol. The third-order valence-electron chi connectivity index (χ3n) is 5.14. The number of aromatic nitrogens is 1. The lowest BCUT2D eigenvalue weighted by atomic mass is 9.96. The molecule has 2 aromatic heterocycles. The Hall–Kier alpha value is -2.45. The number of hydrogen-bond acceptors (Lipinski definition) is 7. The van der Waals surface area contributed by atoms with Gasteiger partial charge in [0.2, 0.25) is 0 Å². The van der Waals surface area contributed by atoms with Gasteiger partial charge < -0.3 is 20.1 Å². The number of aliphatic hydroxyl groups excluding tert-OH is 1. The third-order valence-corrected chi connectivity index (χ3v) is 6.21. The second-order valence-corrected chi connectivity index (χ2v) is 8.31. The molecule has 0 bridgehead atoms. The molecule has 0 aromatic carbocycles. The Labute approximate surface area is 181 Å². The van der Waals surface area contributed by atoms with Gasteiger partial charge in [-0.05, 0) is 62.3 Å². The number of nitrogens with zero attached hydrogens (tertiary/aromatic N) is 2. The number of aliphatic hydroxyl groups is 1. The number of anilines is 1. The number of amides is 1. The first-order valence-electron chi connectivity index (χ1n) is 10.4. The highest BCUT2D eigenvalue weighted by molar-refractivity contribution is 7.13. The molecule has 7 nitrogen and oxygen atoms in total. The van der Waals surface area contributed by atoms with Gasteiger partial charge in [0.1, 0.15) is 5.82 Å². The Morgan fingerprint density at radius 2 is 2.10 bits per heavy atom. The Morgan fingerprint density at radius 3 is 2.73 bits per heavy atom. The highest BCUT2D eigenvalue weighted by atomic mass is 32.1. The maximum Gasteiger partial charge on any atom is 0.309 e. The topological polar surface area (TPSA) is 91.8 Å². The van der Waals surface area contributed by atoms with E-state index >= 15 is 0 Å². The molecule has 2 N–H and O–H groups in total. The molecule has 30 heavy (non-hydrogen) atoms. The van der Waals surface area contributed by atoms with E-state index in [2.05, 4.69) is 21.7 Å². The van der Waals surface area contributed by atoms with Crippen LogP contribution in [0.15, 0.2) is 23.6 Å². The van der Waals surface area contributed by atoms with Gasteiger partial charge in [-0.3, -0.25) is 9.59 Å². The second kappa shape index (κ2) is 10.5. The van der Waals surface area contributed by atoms with Crippen molar-refractivity contribution < 1.29 is 19.4 Å².